The molecule has 0 aliphatic rings. The minimum absolute atomic E-state index is 0.0973. The van der Waals surface area contributed by atoms with Gasteiger partial charge in [-0.3, -0.25) is 16.0 Å². The van der Waals surface area contributed by atoms with Gasteiger partial charge in [0.25, 0.3) is 0 Å². The summed E-state index contributed by atoms with van der Waals surface area (Å²) in [5, 5.41) is 4.50. The van der Waals surface area contributed by atoms with Crippen molar-refractivity contribution in [2.75, 3.05) is 6.26 Å². The number of nitrogens with zero attached hydrogens (tertiary/aromatic N) is 2. The van der Waals surface area contributed by atoms with Gasteiger partial charge in [-0.2, -0.15) is 5.10 Å². The van der Waals surface area contributed by atoms with Gasteiger partial charge in [0.2, 0.25) is 0 Å². The number of aromatic nitrogens is 2. The molecule has 1 atom stereocenters. The van der Waals surface area contributed by atoms with Crippen LogP contribution in [0.1, 0.15) is 29.9 Å². The highest BCUT2D eigenvalue weighted by Gasteiger charge is 2.16. The zero-order valence-corrected chi connectivity index (χ0v) is 13.1. The molecule has 1 unspecified atom stereocenters. The quantitative estimate of drug-likeness (QED) is 0.488. The molecule has 0 aliphatic carbocycles. The van der Waals surface area contributed by atoms with Crippen molar-refractivity contribution >= 4 is 11.8 Å². The van der Waals surface area contributed by atoms with Gasteiger partial charge in [0, 0.05) is 23.6 Å². The van der Waals surface area contributed by atoms with E-state index in [2.05, 4.69) is 54.0 Å². The maximum Gasteiger partial charge on any atom is 0.0596 e. The number of hydrogen-bond acceptors (Lipinski definition) is 4. The van der Waals surface area contributed by atoms with Crippen LogP contribution in [0.3, 0.4) is 0 Å². The molecule has 0 fully saturated rings. The van der Waals surface area contributed by atoms with Gasteiger partial charge in [-0.1, -0.05) is 18.2 Å². The molecule has 0 saturated heterocycles. The lowest BCUT2D eigenvalue weighted by Crippen LogP contribution is -2.30. The Balaban J connectivity index is 2.28. The molecule has 0 radical (unpaired) electrons. The number of thioether (sulfide) groups is 1. The van der Waals surface area contributed by atoms with Crippen molar-refractivity contribution in [2.45, 2.75) is 37.8 Å². The van der Waals surface area contributed by atoms with Crippen LogP contribution in [0.15, 0.2) is 35.2 Å². The summed E-state index contributed by atoms with van der Waals surface area (Å²) in [6.07, 6.45) is 2.93. The summed E-state index contributed by atoms with van der Waals surface area (Å²) < 4.78 is 2.04. The molecular weight excluding hydrogens is 268 g/mol. The third-order valence-electron chi connectivity index (χ3n) is 3.41. The van der Waals surface area contributed by atoms with Crippen LogP contribution < -0.4 is 11.3 Å². The minimum Gasteiger partial charge on any atom is -0.271 e. The van der Waals surface area contributed by atoms with Crippen LogP contribution in [0.2, 0.25) is 0 Å². The molecule has 1 aromatic heterocycles. The second-order valence-electron chi connectivity index (χ2n) is 4.76. The normalized spacial score (nSPS) is 12.6. The van der Waals surface area contributed by atoms with E-state index in [9.17, 15) is 0 Å². The predicted octanol–water partition coefficient (Wildman–Crippen LogP) is 2.68. The van der Waals surface area contributed by atoms with Crippen LogP contribution in [0.4, 0.5) is 0 Å². The van der Waals surface area contributed by atoms with E-state index in [0.717, 1.165) is 18.7 Å². The van der Waals surface area contributed by atoms with Crippen molar-refractivity contribution in [3.05, 3.63) is 47.3 Å². The van der Waals surface area contributed by atoms with Gasteiger partial charge in [0.1, 0.15) is 0 Å². The maximum absolute atomic E-state index is 5.79. The van der Waals surface area contributed by atoms with Gasteiger partial charge in [-0.15, -0.1) is 11.8 Å². The summed E-state index contributed by atoms with van der Waals surface area (Å²) in [5.41, 5.74) is 6.45. The fraction of sp³-hybridized carbons (Fsp3) is 0.400. The summed E-state index contributed by atoms with van der Waals surface area (Å²) >= 11 is 1.75. The lowest BCUT2D eigenvalue weighted by Gasteiger charge is -2.19. The van der Waals surface area contributed by atoms with Gasteiger partial charge in [0.05, 0.1) is 11.7 Å². The van der Waals surface area contributed by atoms with E-state index in [-0.39, 0.29) is 6.04 Å². The lowest BCUT2D eigenvalue weighted by atomic mass is 10.0. The molecule has 2 rings (SSSR count). The summed E-state index contributed by atoms with van der Waals surface area (Å²) in [6, 6.07) is 10.6. The van der Waals surface area contributed by atoms with E-state index in [4.69, 9.17) is 5.84 Å². The molecule has 2 aromatic rings. The zero-order valence-electron chi connectivity index (χ0n) is 12.3. The number of hydrogen-bond donors (Lipinski definition) is 2. The highest BCUT2D eigenvalue weighted by Crippen LogP contribution is 2.27. The molecule has 3 N–H and O–H groups in total. The van der Waals surface area contributed by atoms with Crippen LogP contribution >= 0.6 is 11.8 Å². The molecule has 5 heteroatoms. The van der Waals surface area contributed by atoms with E-state index in [0.29, 0.717) is 0 Å². The van der Waals surface area contributed by atoms with Gasteiger partial charge < -0.3 is 0 Å². The fourth-order valence-corrected chi connectivity index (χ4v) is 3.12. The zero-order chi connectivity index (χ0) is 14.5. The third kappa shape index (κ3) is 3.23. The highest BCUT2D eigenvalue weighted by molar-refractivity contribution is 7.98. The van der Waals surface area contributed by atoms with Gasteiger partial charge >= 0.3 is 0 Å². The van der Waals surface area contributed by atoms with Crippen LogP contribution in [-0.2, 0) is 13.0 Å². The van der Waals surface area contributed by atoms with E-state index < -0.39 is 0 Å². The van der Waals surface area contributed by atoms with Crippen LogP contribution in [0.25, 0.3) is 0 Å². The monoisotopic (exact) mass is 290 g/mol. The molecule has 20 heavy (non-hydrogen) atoms. The van der Waals surface area contributed by atoms with Gasteiger partial charge in [0.15, 0.2) is 0 Å². The molecule has 0 spiro atoms. The maximum atomic E-state index is 5.79. The number of benzene rings is 1. The molecular formula is C15H22N4S. The first kappa shape index (κ1) is 15.1. The summed E-state index contributed by atoms with van der Waals surface area (Å²) in [7, 11) is 0. The smallest absolute Gasteiger partial charge is 0.0596 e. The minimum atomic E-state index is 0.0973. The first-order chi connectivity index (χ1) is 9.69. The van der Waals surface area contributed by atoms with Crippen LogP contribution in [0, 0.1) is 6.92 Å². The Morgan fingerprint density at radius 2 is 2.15 bits per heavy atom. The van der Waals surface area contributed by atoms with E-state index in [1.165, 1.54) is 16.2 Å². The standard InChI is InChI=1S/C15H22N4S/c1-4-19-12(9-11(2)18-19)10-14(17-16)13-7-5-6-8-15(13)20-3/h5-9,14,17H,4,10,16H2,1-3H3. The average molecular weight is 290 g/mol. The summed E-state index contributed by atoms with van der Waals surface area (Å²) in [4.78, 5) is 1.26. The van der Waals surface area contributed by atoms with Crippen LogP contribution in [-0.4, -0.2) is 16.0 Å². The molecule has 0 amide bonds. The first-order valence-electron chi connectivity index (χ1n) is 6.82. The number of aryl methyl sites for hydroxylation is 2. The van der Waals surface area contributed by atoms with Crippen molar-refractivity contribution in [1.82, 2.24) is 15.2 Å². The van der Waals surface area contributed by atoms with E-state index >= 15 is 0 Å². The van der Waals surface area contributed by atoms with E-state index in [1.54, 1.807) is 11.8 Å². The molecule has 1 heterocycles. The molecule has 1 aromatic carbocycles. The second-order valence-corrected chi connectivity index (χ2v) is 5.61. The Morgan fingerprint density at radius 3 is 2.80 bits per heavy atom. The van der Waals surface area contributed by atoms with Crippen LogP contribution in [0.5, 0.6) is 0 Å². The Labute approximate surface area is 124 Å². The second kappa shape index (κ2) is 6.92. The first-order valence-corrected chi connectivity index (χ1v) is 8.04. The van der Waals surface area contributed by atoms with E-state index in [1.807, 2.05) is 11.6 Å². The SMILES string of the molecule is CCn1nc(C)cc1CC(NN)c1ccccc1SC. The highest BCUT2D eigenvalue weighted by atomic mass is 32.2. The topological polar surface area (TPSA) is 55.9 Å². The number of nitrogens with two attached hydrogens (primary N) is 1. The predicted molar refractivity (Wildman–Crippen MR) is 84.6 cm³/mol. The largest absolute Gasteiger partial charge is 0.271 e. The molecule has 4 nitrogen and oxygen atoms in total. The molecule has 0 aliphatic heterocycles. The number of hydrazine groups is 1. The molecule has 0 bridgehead atoms. The van der Waals surface area contributed by atoms with Crippen molar-refractivity contribution in [2.24, 2.45) is 5.84 Å². The Bertz CT molecular complexity index is 565. The molecule has 108 valence electrons. The van der Waals surface area contributed by atoms with Crippen molar-refractivity contribution in [3.8, 4) is 0 Å². The summed E-state index contributed by atoms with van der Waals surface area (Å²) in [6.45, 7) is 5.01. The lowest BCUT2D eigenvalue weighted by molar-refractivity contribution is 0.511. The molecule has 0 saturated carbocycles. The number of nitrogens with one attached hydrogen (secondary N) is 1. The van der Waals surface area contributed by atoms with Crippen molar-refractivity contribution < 1.29 is 0 Å². The Hall–Kier alpha value is -1.30. The summed E-state index contributed by atoms with van der Waals surface area (Å²) in [5.74, 6) is 5.79. The Kier molecular flexibility index (Phi) is 5.23. The number of rotatable bonds is 6. The average Bonchev–Trinajstić information content (AvgIpc) is 2.84. The van der Waals surface area contributed by atoms with Crippen molar-refractivity contribution in [1.29, 1.82) is 0 Å². The van der Waals surface area contributed by atoms with Gasteiger partial charge in [-0.25, -0.2) is 0 Å². The third-order valence-corrected chi connectivity index (χ3v) is 4.23. The van der Waals surface area contributed by atoms with Gasteiger partial charge in [-0.05, 0) is 37.8 Å². The van der Waals surface area contributed by atoms with Crippen molar-refractivity contribution in [3.63, 3.8) is 0 Å². The Morgan fingerprint density at radius 1 is 1.40 bits per heavy atom. The fourth-order valence-electron chi connectivity index (χ4n) is 2.46.